The maximum absolute atomic E-state index is 13.4. The minimum atomic E-state index is -1.06. The number of aliphatic hydroxyl groups is 1. The van der Waals surface area contributed by atoms with Gasteiger partial charge >= 0.3 is 5.97 Å². The molecule has 0 spiro atoms. The number of hydrogen-bond donors (Lipinski definition) is 2. The van der Waals surface area contributed by atoms with E-state index in [2.05, 4.69) is 0 Å². The quantitative estimate of drug-likeness (QED) is 0.148. The topological polar surface area (TPSA) is 113 Å². The van der Waals surface area contributed by atoms with E-state index in [1.165, 1.54) is 24.1 Å². The number of carbonyl (C=O) groups is 3. The molecule has 8 heteroatoms. The molecule has 42 heavy (non-hydrogen) atoms. The van der Waals surface area contributed by atoms with Gasteiger partial charge in [0.15, 0.2) is 0 Å². The van der Waals surface area contributed by atoms with Gasteiger partial charge in [-0.25, -0.2) is 4.79 Å². The van der Waals surface area contributed by atoms with Crippen LogP contribution in [0.3, 0.4) is 0 Å². The molecule has 0 bridgehead atoms. The smallest absolute Gasteiger partial charge is 0.335 e. The summed E-state index contributed by atoms with van der Waals surface area (Å²) in [5.74, 6) is -1.70. The van der Waals surface area contributed by atoms with Crippen LogP contribution in [-0.2, 0) is 22.7 Å². The predicted octanol–water partition coefficient (Wildman–Crippen LogP) is 5.90. The lowest BCUT2D eigenvalue weighted by molar-refractivity contribution is -0.140. The Bertz CT molecular complexity index is 1660. The molecule has 1 aliphatic heterocycles. The number of ether oxygens (including phenoxy) is 2. The van der Waals surface area contributed by atoms with Crippen molar-refractivity contribution in [1.82, 2.24) is 4.90 Å². The van der Waals surface area contributed by atoms with Gasteiger partial charge in [0.05, 0.1) is 24.3 Å². The molecule has 0 aromatic heterocycles. The number of methoxy groups -OCH3 is 1. The number of nitrogens with zero attached hydrogens (tertiary/aromatic N) is 1. The monoisotopic (exact) mass is 563 g/mol. The molecule has 5 rings (SSSR count). The zero-order valence-electron chi connectivity index (χ0n) is 23.1. The summed E-state index contributed by atoms with van der Waals surface area (Å²) in [4.78, 5) is 39.5. The fourth-order valence-corrected chi connectivity index (χ4v) is 4.97. The lowest BCUT2D eigenvalue weighted by Crippen LogP contribution is -2.29. The highest BCUT2D eigenvalue weighted by Crippen LogP contribution is 2.41. The first-order chi connectivity index (χ1) is 20.3. The van der Waals surface area contributed by atoms with Crippen molar-refractivity contribution in [3.8, 4) is 11.5 Å². The molecule has 0 radical (unpaired) electrons. The Balaban J connectivity index is 1.51. The number of aliphatic hydroxyl groups excluding tert-OH is 1. The fraction of sp³-hybridized carbons (Fsp3) is 0.147. The number of carbonyl (C=O) groups excluding carboxylic acids is 2. The van der Waals surface area contributed by atoms with Crippen LogP contribution in [0.1, 0.15) is 44.2 Å². The summed E-state index contributed by atoms with van der Waals surface area (Å²) in [5.41, 5.74) is 3.46. The predicted molar refractivity (Wildman–Crippen MR) is 156 cm³/mol. The fourth-order valence-electron chi connectivity index (χ4n) is 4.97. The third-order valence-electron chi connectivity index (χ3n) is 7.21. The second-order valence-electron chi connectivity index (χ2n) is 9.96. The van der Waals surface area contributed by atoms with E-state index in [1.54, 1.807) is 54.6 Å². The number of amides is 1. The average molecular weight is 564 g/mol. The summed E-state index contributed by atoms with van der Waals surface area (Å²) >= 11 is 0. The van der Waals surface area contributed by atoms with Crippen LogP contribution in [0, 0.1) is 6.92 Å². The minimum Gasteiger partial charge on any atom is -0.507 e. The minimum absolute atomic E-state index is 0.0310. The van der Waals surface area contributed by atoms with Crippen molar-refractivity contribution in [1.29, 1.82) is 0 Å². The number of Topliss-reactive ketones (excluding diaryl/α,β-unsaturated/α-hetero) is 1. The largest absolute Gasteiger partial charge is 0.507 e. The SMILES string of the molecule is COc1ccc(C2/C(=C(/O)c3ccc(OCc4ccccc4)c(C)c3)C(=O)C(=O)N2Cc2ccc(C(=O)O)cc2)cc1. The molecule has 4 aromatic carbocycles. The first-order valence-corrected chi connectivity index (χ1v) is 13.3. The third kappa shape index (κ3) is 5.74. The molecule has 1 aliphatic rings. The van der Waals surface area contributed by atoms with E-state index in [-0.39, 0.29) is 23.4 Å². The summed E-state index contributed by atoms with van der Waals surface area (Å²) in [6.45, 7) is 2.25. The van der Waals surface area contributed by atoms with Crippen LogP contribution in [0.15, 0.2) is 103 Å². The molecule has 4 aromatic rings. The van der Waals surface area contributed by atoms with Crippen molar-refractivity contribution in [2.75, 3.05) is 7.11 Å². The zero-order valence-corrected chi connectivity index (χ0v) is 23.1. The van der Waals surface area contributed by atoms with Gasteiger partial charge in [0.2, 0.25) is 0 Å². The Morgan fingerprint density at radius 1 is 0.833 bits per heavy atom. The molecule has 1 saturated heterocycles. The molecule has 1 heterocycles. The van der Waals surface area contributed by atoms with Crippen LogP contribution in [0.25, 0.3) is 5.76 Å². The van der Waals surface area contributed by atoms with Crippen LogP contribution in [0.2, 0.25) is 0 Å². The van der Waals surface area contributed by atoms with Gasteiger partial charge in [-0.1, -0.05) is 54.6 Å². The summed E-state index contributed by atoms with van der Waals surface area (Å²) in [6.07, 6.45) is 0. The molecule has 1 unspecified atom stereocenters. The Morgan fingerprint density at radius 3 is 2.12 bits per heavy atom. The van der Waals surface area contributed by atoms with E-state index in [0.717, 1.165) is 11.1 Å². The van der Waals surface area contributed by atoms with E-state index < -0.39 is 23.7 Å². The zero-order chi connectivity index (χ0) is 29.8. The Hall–Kier alpha value is -5.37. The lowest BCUT2D eigenvalue weighted by Gasteiger charge is -2.25. The molecule has 0 aliphatic carbocycles. The molecule has 1 amide bonds. The van der Waals surface area contributed by atoms with Crippen molar-refractivity contribution >= 4 is 23.4 Å². The standard InChI is InChI=1S/C34H29NO7/c1-21-18-26(14-17-28(21)42-20-23-6-4-3-5-7-23)31(36)29-30(24-12-15-27(41-2)16-13-24)35(33(38)32(29)37)19-22-8-10-25(11-9-22)34(39)40/h3-18,30,36H,19-20H2,1-2H3,(H,39,40)/b31-29-. The maximum Gasteiger partial charge on any atom is 0.335 e. The van der Waals surface area contributed by atoms with Gasteiger partial charge in [-0.3, -0.25) is 9.59 Å². The molecular weight excluding hydrogens is 534 g/mol. The lowest BCUT2D eigenvalue weighted by atomic mass is 9.94. The van der Waals surface area contributed by atoms with E-state index in [4.69, 9.17) is 9.47 Å². The van der Waals surface area contributed by atoms with Crippen LogP contribution in [0.5, 0.6) is 11.5 Å². The number of benzene rings is 4. The van der Waals surface area contributed by atoms with E-state index in [0.29, 0.717) is 34.8 Å². The maximum atomic E-state index is 13.4. The molecule has 1 fully saturated rings. The van der Waals surface area contributed by atoms with Crippen LogP contribution in [0.4, 0.5) is 0 Å². The van der Waals surface area contributed by atoms with Gasteiger partial charge in [-0.2, -0.15) is 0 Å². The van der Waals surface area contributed by atoms with Gasteiger partial charge in [0.1, 0.15) is 23.9 Å². The highest BCUT2D eigenvalue weighted by Gasteiger charge is 2.46. The van der Waals surface area contributed by atoms with Crippen LogP contribution in [-0.4, -0.2) is 39.9 Å². The number of carboxylic acids is 1. The molecular formula is C34H29NO7. The van der Waals surface area contributed by atoms with Crippen molar-refractivity contribution in [2.24, 2.45) is 0 Å². The summed E-state index contributed by atoms with van der Waals surface area (Å²) in [6, 6.07) is 27.0. The third-order valence-corrected chi connectivity index (χ3v) is 7.21. The van der Waals surface area contributed by atoms with E-state index in [9.17, 15) is 24.6 Å². The number of carboxylic acid groups (broad SMARTS) is 1. The second-order valence-corrected chi connectivity index (χ2v) is 9.96. The van der Waals surface area contributed by atoms with Crippen molar-refractivity contribution < 1.29 is 34.1 Å². The number of aromatic carboxylic acids is 1. The molecule has 8 nitrogen and oxygen atoms in total. The van der Waals surface area contributed by atoms with Crippen molar-refractivity contribution in [3.05, 3.63) is 136 Å². The molecule has 212 valence electrons. The van der Waals surface area contributed by atoms with E-state index >= 15 is 0 Å². The highest BCUT2D eigenvalue weighted by molar-refractivity contribution is 6.46. The second kappa shape index (κ2) is 12.0. The summed E-state index contributed by atoms with van der Waals surface area (Å²) in [5, 5.41) is 20.7. The Labute approximate surface area is 243 Å². The number of hydrogen-bond acceptors (Lipinski definition) is 6. The number of rotatable bonds is 9. The number of ketones is 1. The molecule has 2 N–H and O–H groups in total. The van der Waals surface area contributed by atoms with Crippen molar-refractivity contribution in [3.63, 3.8) is 0 Å². The summed E-state index contributed by atoms with van der Waals surface area (Å²) in [7, 11) is 1.54. The summed E-state index contributed by atoms with van der Waals surface area (Å²) < 4.78 is 11.2. The van der Waals surface area contributed by atoms with Crippen LogP contribution < -0.4 is 9.47 Å². The Morgan fingerprint density at radius 2 is 1.50 bits per heavy atom. The van der Waals surface area contributed by atoms with Crippen molar-refractivity contribution in [2.45, 2.75) is 26.1 Å². The number of aryl methyl sites for hydroxylation is 1. The molecule has 1 atom stereocenters. The van der Waals surface area contributed by atoms with Crippen LogP contribution >= 0.6 is 0 Å². The highest BCUT2D eigenvalue weighted by atomic mass is 16.5. The normalized spacial score (nSPS) is 16.0. The van der Waals surface area contributed by atoms with Gasteiger partial charge in [-0.15, -0.1) is 0 Å². The van der Waals surface area contributed by atoms with E-state index in [1.807, 2.05) is 37.3 Å². The van der Waals surface area contributed by atoms with Gasteiger partial charge in [0, 0.05) is 12.1 Å². The van der Waals surface area contributed by atoms with Gasteiger partial charge in [-0.05, 0) is 71.6 Å². The van der Waals surface area contributed by atoms with Gasteiger partial charge < -0.3 is 24.6 Å². The first kappa shape index (κ1) is 28.2. The number of likely N-dealkylation sites (tertiary alicyclic amines) is 1. The molecule has 0 saturated carbocycles. The average Bonchev–Trinajstić information content (AvgIpc) is 3.25. The Kier molecular flexibility index (Phi) is 8.06. The van der Waals surface area contributed by atoms with Gasteiger partial charge in [0.25, 0.3) is 11.7 Å². The first-order valence-electron chi connectivity index (χ1n) is 13.3.